The Labute approximate surface area is 176 Å². The Hall–Kier alpha value is -0.810. The summed E-state index contributed by atoms with van der Waals surface area (Å²) in [6, 6.07) is 8.87. The van der Waals surface area contributed by atoms with E-state index in [-0.39, 0.29) is 36.8 Å². The number of nitrogens with zero attached hydrogens (tertiary/aromatic N) is 1. The van der Waals surface area contributed by atoms with Crippen LogP contribution in [0.3, 0.4) is 0 Å². The van der Waals surface area contributed by atoms with Gasteiger partial charge < -0.3 is 11.1 Å². The van der Waals surface area contributed by atoms with Crippen molar-refractivity contribution in [2.24, 2.45) is 11.7 Å². The first-order chi connectivity index (χ1) is 12.2. The second-order valence-corrected chi connectivity index (χ2v) is 7.85. The average molecular weight is 416 g/mol. The van der Waals surface area contributed by atoms with Gasteiger partial charge in [0.15, 0.2) is 0 Å². The van der Waals surface area contributed by atoms with Crippen LogP contribution in [0.4, 0.5) is 0 Å². The van der Waals surface area contributed by atoms with Crippen molar-refractivity contribution in [3.8, 4) is 0 Å². The zero-order valence-electron chi connectivity index (χ0n) is 16.2. The van der Waals surface area contributed by atoms with E-state index in [0.29, 0.717) is 18.9 Å². The van der Waals surface area contributed by atoms with Gasteiger partial charge in [-0.1, -0.05) is 43.5 Å². The molecule has 6 heteroatoms. The lowest BCUT2D eigenvalue weighted by Gasteiger charge is -2.20. The van der Waals surface area contributed by atoms with Crippen molar-refractivity contribution in [1.82, 2.24) is 10.2 Å². The van der Waals surface area contributed by atoms with Gasteiger partial charge in [-0.2, -0.15) is 0 Å². The summed E-state index contributed by atoms with van der Waals surface area (Å²) in [7, 11) is 0. The Morgan fingerprint density at radius 1 is 1.04 bits per heavy atom. The summed E-state index contributed by atoms with van der Waals surface area (Å²) in [6.45, 7) is 4.07. The minimum atomic E-state index is 0. The molecule has 2 aliphatic rings. The third-order valence-electron chi connectivity index (χ3n) is 5.75. The van der Waals surface area contributed by atoms with Crippen LogP contribution in [-0.2, 0) is 17.9 Å². The highest BCUT2D eigenvalue weighted by Crippen LogP contribution is 2.26. The van der Waals surface area contributed by atoms with Crippen molar-refractivity contribution in [2.45, 2.75) is 70.5 Å². The number of amides is 1. The number of hydrogen-bond acceptors (Lipinski definition) is 3. The van der Waals surface area contributed by atoms with Gasteiger partial charge in [-0.25, -0.2) is 0 Å². The summed E-state index contributed by atoms with van der Waals surface area (Å²) in [4.78, 5) is 14.7. The fourth-order valence-corrected chi connectivity index (χ4v) is 4.22. The molecule has 0 bridgehead atoms. The Morgan fingerprint density at radius 3 is 2.41 bits per heavy atom. The maximum absolute atomic E-state index is 12.2. The molecule has 0 radical (unpaired) electrons. The van der Waals surface area contributed by atoms with Gasteiger partial charge in [0, 0.05) is 25.6 Å². The van der Waals surface area contributed by atoms with Gasteiger partial charge >= 0.3 is 0 Å². The van der Waals surface area contributed by atoms with E-state index < -0.39 is 0 Å². The van der Waals surface area contributed by atoms with E-state index in [1.54, 1.807) is 0 Å². The van der Waals surface area contributed by atoms with E-state index in [9.17, 15) is 4.79 Å². The first-order valence-corrected chi connectivity index (χ1v) is 10.0. The molecule has 3 N–H and O–H groups in total. The van der Waals surface area contributed by atoms with Crippen molar-refractivity contribution in [1.29, 1.82) is 0 Å². The summed E-state index contributed by atoms with van der Waals surface area (Å²) in [5, 5.41) is 3.08. The van der Waals surface area contributed by atoms with Crippen LogP contribution in [-0.4, -0.2) is 29.9 Å². The van der Waals surface area contributed by atoms with Gasteiger partial charge in [-0.3, -0.25) is 9.69 Å². The highest BCUT2D eigenvalue weighted by Gasteiger charge is 2.25. The van der Waals surface area contributed by atoms with Gasteiger partial charge in [0.05, 0.1) is 0 Å². The van der Waals surface area contributed by atoms with E-state index >= 15 is 0 Å². The molecule has 0 spiro atoms. The maximum Gasteiger partial charge on any atom is 0.220 e. The zero-order chi connectivity index (χ0) is 17.5. The van der Waals surface area contributed by atoms with Crippen molar-refractivity contribution in [2.75, 3.05) is 13.1 Å². The lowest BCUT2D eigenvalue weighted by Crippen LogP contribution is -2.31. The molecule has 0 aromatic heterocycles. The van der Waals surface area contributed by atoms with Crippen LogP contribution in [0.5, 0.6) is 0 Å². The highest BCUT2D eigenvalue weighted by atomic mass is 35.5. The van der Waals surface area contributed by atoms with Crippen LogP contribution in [0, 0.1) is 5.92 Å². The second-order valence-electron chi connectivity index (χ2n) is 7.85. The number of halogens is 2. The van der Waals surface area contributed by atoms with Gasteiger partial charge in [0.1, 0.15) is 0 Å². The molecule has 4 nitrogen and oxygen atoms in total. The Bertz CT molecular complexity index is 562. The molecule has 2 atom stereocenters. The largest absolute Gasteiger partial charge is 0.352 e. The molecular formula is C21H35Cl2N3O. The van der Waals surface area contributed by atoms with Crippen molar-refractivity contribution in [3.05, 3.63) is 35.4 Å². The van der Waals surface area contributed by atoms with E-state index in [0.717, 1.165) is 25.8 Å². The minimum Gasteiger partial charge on any atom is -0.352 e. The second kappa shape index (κ2) is 12.6. The molecule has 1 heterocycles. The molecule has 2 fully saturated rings. The third-order valence-corrected chi connectivity index (χ3v) is 5.75. The quantitative estimate of drug-likeness (QED) is 0.736. The molecule has 1 saturated carbocycles. The van der Waals surface area contributed by atoms with E-state index in [2.05, 4.69) is 34.5 Å². The van der Waals surface area contributed by atoms with Gasteiger partial charge in [-0.05, 0) is 55.8 Å². The van der Waals surface area contributed by atoms with E-state index in [1.165, 1.54) is 49.9 Å². The molecule has 1 amide bonds. The normalized spacial score (nSPS) is 23.0. The standard InChI is InChI=1S/C21H33N3O.2ClH/c22-20-10-6-9-19(20)14-21(25)23-15-17-7-5-8-18(13-17)16-24-11-3-1-2-4-12-24;;/h5,7-8,13,19-20H,1-4,6,9-12,14-16,22H2,(H,23,25);2*1H/t19-,20+;;/m0../s1. The van der Waals surface area contributed by atoms with Gasteiger partial charge in [-0.15, -0.1) is 24.8 Å². The molecule has 1 aromatic rings. The van der Waals surface area contributed by atoms with Crippen LogP contribution in [0.2, 0.25) is 0 Å². The summed E-state index contributed by atoms with van der Waals surface area (Å²) >= 11 is 0. The molecule has 3 rings (SSSR count). The maximum atomic E-state index is 12.2. The summed E-state index contributed by atoms with van der Waals surface area (Å²) in [5.74, 6) is 0.509. The molecule has 0 unspecified atom stereocenters. The minimum absolute atomic E-state index is 0. The van der Waals surface area contributed by atoms with E-state index in [1.807, 2.05) is 0 Å². The summed E-state index contributed by atoms with van der Waals surface area (Å²) < 4.78 is 0. The van der Waals surface area contributed by atoms with Crippen LogP contribution in [0.15, 0.2) is 24.3 Å². The summed E-state index contributed by atoms with van der Waals surface area (Å²) in [6.07, 6.45) is 9.28. The van der Waals surface area contributed by atoms with Crippen LogP contribution in [0.1, 0.15) is 62.5 Å². The first kappa shape index (κ1) is 24.2. The van der Waals surface area contributed by atoms with Crippen molar-refractivity contribution in [3.63, 3.8) is 0 Å². The number of nitrogens with two attached hydrogens (primary N) is 1. The number of benzene rings is 1. The predicted molar refractivity (Wildman–Crippen MR) is 116 cm³/mol. The highest BCUT2D eigenvalue weighted by molar-refractivity contribution is 5.85. The fourth-order valence-electron chi connectivity index (χ4n) is 4.22. The smallest absolute Gasteiger partial charge is 0.220 e. The Balaban J connectivity index is 0.00000182. The number of carbonyl (C=O) groups is 1. The molecule has 1 saturated heterocycles. The SMILES string of the molecule is Cl.Cl.N[C@@H]1CCC[C@H]1CC(=O)NCc1cccc(CN2CCCCCC2)c1. The Morgan fingerprint density at radius 2 is 1.74 bits per heavy atom. The molecular weight excluding hydrogens is 381 g/mol. The molecule has 27 heavy (non-hydrogen) atoms. The first-order valence-electron chi connectivity index (χ1n) is 10.0. The lowest BCUT2D eigenvalue weighted by molar-refractivity contribution is -0.122. The molecule has 1 aliphatic heterocycles. The van der Waals surface area contributed by atoms with Crippen LogP contribution < -0.4 is 11.1 Å². The van der Waals surface area contributed by atoms with Crippen LogP contribution >= 0.6 is 24.8 Å². The fraction of sp³-hybridized carbons (Fsp3) is 0.667. The van der Waals surface area contributed by atoms with Gasteiger partial charge in [0.2, 0.25) is 5.91 Å². The topological polar surface area (TPSA) is 58.4 Å². The molecule has 1 aromatic carbocycles. The lowest BCUT2D eigenvalue weighted by atomic mass is 10.00. The van der Waals surface area contributed by atoms with E-state index in [4.69, 9.17) is 5.73 Å². The average Bonchev–Trinajstić information content (AvgIpc) is 2.85. The molecule has 1 aliphatic carbocycles. The third kappa shape index (κ3) is 7.98. The predicted octanol–water partition coefficient (Wildman–Crippen LogP) is 4.04. The van der Waals surface area contributed by atoms with Crippen molar-refractivity contribution >= 4 is 30.7 Å². The zero-order valence-corrected chi connectivity index (χ0v) is 17.8. The number of rotatable bonds is 6. The number of carbonyl (C=O) groups excluding carboxylic acids is 1. The van der Waals surface area contributed by atoms with Crippen molar-refractivity contribution < 1.29 is 4.79 Å². The number of hydrogen-bond donors (Lipinski definition) is 2. The summed E-state index contributed by atoms with van der Waals surface area (Å²) in [5.41, 5.74) is 8.61. The number of nitrogens with one attached hydrogen (secondary N) is 1. The number of likely N-dealkylation sites (tertiary alicyclic amines) is 1. The van der Waals surface area contributed by atoms with Crippen LogP contribution in [0.25, 0.3) is 0 Å². The Kier molecular flexibility index (Phi) is 11.3. The monoisotopic (exact) mass is 415 g/mol. The molecule has 154 valence electrons. The van der Waals surface area contributed by atoms with Gasteiger partial charge in [0.25, 0.3) is 0 Å².